The summed E-state index contributed by atoms with van der Waals surface area (Å²) >= 11 is 0. The number of nitrogens with zero attached hydrogens (tertiary/aromatic N) is 1. The Morgan fingerprint density at radius 2 is 1.71 bits per heavy atom. The van der Waals surface area contributed by atoms with E-state index in [1.807, 2.05) is 7.05 Å². The predicted octanol–water partition coefficient (Wildman–Crippen LogP) is 2.48. The number of aliphatic imine (C=N–C) groups is 1. The van der Waals surface area contributed by atoms with Gasteiger partial charge >= 0.3 is 0 Å². The second kappa shape index (κ2) is 7.33. The van der Waals surface area contributed by atoms with Crippen LogP contribution in [0.3, 0.4) is 0 Å². The van der Waals surface area contributed by atoms with Crippen molar-refractivity contribution in [1.82, 2.24) is 10.6 Å². The van der Waals surface area contributed by atoms with Gasteiger partial charge in [0.05, 0.1) is 0 Å². The zero-order valence-electron chi connectivity index (χ0n) is 11.2. The summed E-state index contributed by atoms with van der Waals surface area (Å²) in [6.07, 6.45) is 0. The van der Waals surface area contributed by atoms with Crippen molar-refractivity contribution >= 4 is 22.9 Å². The topological polar surface area (TPSA) is 36.4 Å². The Morgan fingerprint density at radius 1 is 1.18 bits per heavy atom. The predicted molar refractivity (Wildman–Crippen MR) is 80.2 cm³/mol. The van der Waals surface area contributed by atoms with Crippen LogP contribution in [0, 0.1) is 20.8 Å². The molecule has 0 unspecified atom stereocenters. The van der Waals surface area contributed by atoms with Gasteiger partial charge < -0.3 is 10.6 Å². The summed E-state index contributed by atoms with van der Waals surface area (Å²) < 4.78 is 0. The summed E-state index contributed by atoms with van der Waals surface area (Å²) in [5, 5.41) is 6.29. The molecule has 4 heteroatoms. The highest BCUT2D eigenvalue weighted by atomic mass is 79.9. The van der Waals surface area contributed by atoms with Gasteiger partial charge in [-0.3, -0.25) is 4.99 Å². The van der Waals surface area contributed by atoms with Gasteiger partial charge in [0.1, 0.15) is 0 Å². The van der Waals surface area contributed by atoms with E-state index < -0.39 is 0 Å². The lowest BCUT2D eigenvalue weighted by molar-refractivity contribution is 0.852. The highest BCUT2D eigenvalue weighted by Crippen LogP contribution is 2.15. The molecule has 0 aliphatic heterocycles. The molecule has 1 rings (SSSR count). The van der Waals surface area contributed by atoms with Gasteiger partial charge in [-0.25, -0.2) is 0 Å². The first-order chi connectivity index (χ1) is 7.58. The number of aryl methyl sites for hydroxylation is 3. The van der Waals surface area contributed by atoms with Crippen molar-refractivity contribution in [2.24, 2.45) is 4.99 Å². The number of rotatable bonds is 2. The van der Waals surface area contributed by atoms with E-state index in [4.69, 9.17) is 0 Å². The number of hydrogen-bond donors (Lipinski definition) is 2. The maximum atomic E-state index is 4.09. The van der Waals surface area contributed by atoms with Gasteiger partial charge in [0, 0.05) is 20.6 Å². The smallest absolute Gasteiger partial charge is 0.190 e. The van der Waals surface area contributed by atoms with Crippen LogP contribution in [0.1, 0.15) is 22.3 Å². The zero-order valence-corrected chi connectivity index (χ0v) is 12.9. The average molecular weight is 300 g/mol. The molecule has 96 valence electrons. The van der Waals surface area contributed by atoms with Crippen LogP contribution in [0.5, 0.6) is 0 Å². The van der Waals surface area contributed by atoms with Crippen LogP contribution in [0.2, 0.25) is 0 Å². The summed E-state index contributed by atoms with van der Waals surface area (Å²) in [4.78, 5) is 4.09. The molecule has 0 atom stereocenters. The van der Waals surface area contributed by atoms with Crippen LogP contribution in [0.15, 0.2) is 17.1 Å². The molecular weight excluding hydrogens is 278 g/mol. The molecule has 0 heterocycles. The number of halogens is 1. The highest BCUT2D eigenvalue weighted by molar-refractivity contribution is 8.93. The molecule has 0 saturated heterocycles. The van der Waals surface area contributed by atoms with E-state index in [-0.39, 0.29) is 17.0 Å². The van der Waals surface area contributed by atoms with Crippen molar-refractivity contribution in [3.8, 4) is 0 Å². The van der Waals surface area contributed by atoms with Crippen LogP contribution >= 0.6 is 17.0 Å². The van der Waals surface area contributed by atoms with Crippen molar-refractivity contribution in [3.63, 3.8) is 0 Å². The van der Waals surface area contributed by atoms with Gasteiger partial charge in [0.25, 0.3) is 0 Å². The van der Waals surface area contributed by atoms with E-state index in [2.05, 4.69) is 48.5 Å². The molecule has 0 aliphatic rings. The number of guanidine groups is 1. The van der Waals surface area contributed by atoms with Gasteiger partial charge in [-0.1, -0.05) is 17.7 Å². The molecule has 0 aromatic heterocycles. The molecule has 0 saturated carbocycles. The third-order valence-electron chi connectivity index (χ3n) is 2.73. The molecule has 0 aliphatic carbocycles. The summed E-state index contributed by atoms with van der Waals surface area (Å²) in [6.45, 7) is 7.24. The fourth-order valence-corrected chi connectivity index (χ4v) is 1.94. The minimum Gasteiger partial charge on any atom is -0.359 e. The number of hydrogen-bond acceptors (Lipinski definition) is 1. The molecule has 0 fully saturated rings. The third kappa shape index (κ3) is 4.38. The van der Waals surface area contributed by atoms with Crippen LogP contribution in [-0.2, 0) is 6.54 Å². The van der Waals surface area contributed by atoms with E-state index >= 15 is 0 Å². The van der Waals surface area contributed by atoms with Crippen molar-refractivity contribution < 1.29 is 0 Å². The van der Waals surface area contributed by atoms with Crippen molar-refractivity contribution in [2.75, 3.05) is 14.1 Å². The van der Waals surface area contributed by atoms with Crippen molar-refractivity contribution in [1.29, 1.82) is 0 Å². The number of benzene rings is 1. The molecule has 0 spiro atoms. The summed E-state index contributed by atoms with van der Waals surface area (Å²) in [7, 11) is 3.64. The lowest BCUT2D eigenvalue weighted by atomic mass is 10.00. The van der Waals surface area contributed by atoms with Crippen LogP contribution in [-0.4, -0.2) is 20.1 Å². The Hall–Kier alpha value is -1.03. The Labute approximate surface area is 114 Å². The largest absolute Gasteiger partial charge is 0.359 e. The van der Waals surface area contributed by atoms with Gasteiger partial charge in [-0.15, -0.1) is 17.0 Å². The molecule has 2 N–H and O–H groups in total. The minimum absolute atomic E-state index is 0. The van der Waals surface area contributed by atoms with Crippen LogP contribution < -0.4 is 10.6 Å². The SMILES string of the molecule is Br.CN=C(NC)NCc1c(C)cc(C)cc1C. The fourth-order valence-electron chi connectivity index (χ4n) is 1.94. The van der Waals surface area contributed by atoms with Crippen LogP contribution in [0.4, 0.5) is 0 Å². The molecule has 3 nitrogen and oxygen atoms in total. The van der Waals surface area contributed by atoms with E-state index in [1.165, 1.54) is 22.3 Å². The molecule has 1 aromatic carbocycles. The second-order valence-electron chi connectivity index (χ2n) is 4.05. The Bertz CT molecular complexity index is 377. The normalized spacial score (nSPS) is 10.8. The Morgan fingerprint density at radius 3 is 2.12 bits per heavy atom. The Kier molecular flexibility index (Phi) is 6.88. The van der Waals surface area contributed by atoms with Gasteiger partial charge in [-0.2, -0.15) is 0 Å². The van der Waals surface area contributed by atoms with E-state index in [0.29, 0.717) is 0 Å². The third-order valence-corrected chi connectivity index (χ3v) is 2.73. The van der Waals surface area contributed by atoms with Crippen molar-refractivity contribution in [2.45, 2.75) is 27.3 Å². The maximum Gasteiger partial charge on any atom is 0.190 e. The summed E-state index contributed by atoms with van der Waals surface area (Å²) in [5.41, 5.74) is 5.33. The zero-order chi connectivity index (χ0) is 12.1. The lowest BCUT2D eigenvalue weighted by Gasteiger charge is -2.13. The van der Waals surface area contributed by atoms with Crippen molar-refractivity contribution in [3.05, 3.63) is 34.4 Å². The van der Waals surface area contributed by atoms with E-state index in [0.717, 1.165) is 12.5 Å². The lowest BCUT2D eigenvalue weighted by Crippen LogP contribution is -2.34. The fraction of sp³-hybridized carbons (Fsp3) is 0.462. The molecular formula is C13H22BrN3. The molecule has 0 bridgehead atoms. The van der Waals surface area contributed by atoms with E-state index in [9.17, 15) is 0 Å². The number of nitrogens with one attached hydrogen (secondary N) is 2. The van der Waals surface area contributed by atoms with Gasteiger partial charge in [0.2, 0.25) is 0 Å². The van der Waals surface area contributed by atoms with Crippen LogP contribution in [0.25, 0.3) is 0 Å². The quantitative estimate of drug-likeness (QED) is 0.650. The minimum atomic E-state index is 0. The highest BCUT2D eigenvalue weighted by Gasteiger charge is 2.04. The maximum absolute atomic E-state index is 4.09. The molecule has 0 amide bonds. The molecule has 0 radical (unpaired) electrons. The van der Waals surface area contributed by atoms with E-state index in [1.54, 1.807) is 7.05 Å². The first kappa shape index (κ1) is 16.0. The average Bonchev–Trinajstić information content (AvgIpc) is 2.22. The second-order valence-corrected chi connectivity index (χ2v) is 4.05. The standard InChI is InChI=1S/C13H21N3.BrH/c1-9-6-10(2)12(11(3)7-9)8-16-13(14-4)15-5;/h6-7H,8H2,1-5H3,(H2,14,15,16);1H. The first-order valence-corrected chi connectivity index (χ1v) is 5.53. The van der Waals surface area contributed by atoms with Gasteiger partial charge in [-0.05, 0) is 37.5 Å². The van der Waals surface area contributed by atoms with Gasteiger partial charge in [0.15, 0.2) is 5.96 Å². The monoisotopic (exact) mass is 299 g/mol. The molecule has 1 aromatic rings. The summed E-state index contributed by atoms with van der Waals surface area (Å²) in [5.74, 6) is 0.819. The molecule has 17 heavy (non-hydrogen) atoms. The summed E-state index contributed by atoms with van der Waals surface area (Å²) in [6, 6.07) is 4.43. The first-order valence-electron chi connectivity index (χ1n) is 5.53. The Balaban J connectivity index is 0.00000256.